The molecule has 5 heteroatoms. The summed E-state index contributed by atoms with van der Waals surface area (Å²) in [4.78, 5) is 19.7. The van der Waals surface area contributed by atoms with E-state index in [-0.39, 0.29) is 24.2 Å². The molecule has 2 aliphatic rings. The molecule has 0 saturated carbocycles. The number of piperidine rings is 1. The Labute approximate surface area is 157 Å². The summed E-state index contributed by atoms with van der Waals surface area (Å²) in [5.74, 6) is 0.252. The molecule has 0 bridgehead atoms. The molecule has 3 atom stereocenters. The number of carbonyl (C=O) groups is 1. The van der Waals surface area contributed by atoms with E-state index in [9.17, 15) is 4.79 Å². The summed E-state index contributed by atoms with van der Waals surface area (Å²) in [6.07, 6.45) is 2.44. The molecule has 3 unspecified atom stereocenters. The molecular weight excluding hydrogens is 326 g/mol. The smallest absolute Gasteiger partial charge is 0.239 e. The summed E-state index contributed by atoms with van der Waals surface area (Å²) in [7, 11) is 2.18. The highest BCUT2D eigenvalue weighted by molar-refractivity contribution is 5.81. The zero-order valence-corrected chi connectivity index (χ0v) is 16.6. The van der Waals surface area contributed by atoms with E-state index in [0.29, 0.717) is 19.1 Å². The van der Waals surface area contributed by atoms with E-state index in [4.69, 9.17) is 4.74 Å². The van der Waals surface area contributed by atoms with E-state index >= 15 is 0 Å². The van der Waals surface area contributed by atoms with Gasteiger partial charge in [-0.1, -0.05) is 18.2 Å². The molecule has 3 rings (SSSR count). The summed E-state index contributed by atoms with van der Waals surface area (Å²) < 4.78 is 5.76. The van der Waals surface area contributed by atoms with E-state index in [2.05, 4.69) is 54.1 Å². The lowest BCUT2D eigenvalue weighted by Crippen LogP contribution is -2.56. The topological polar surface area (TPSA) is 36.0 Å². The number of para-hydroxylation sites is 1. The van der Waals surface area contributed by atoms with Crippen LogP contribution in [0.25, 0.3) is 0 Å². The third-order valence-electron chi connectivity index (χ3n) is 5.85. The number of anilines is 1. The van der Waals surface area contributed by atoms with Crippen molar-refractivity contribution in [2.75, 3.05) is 38.1 Å². The molecule has 0 aliphatic carbocycles. The molecule has 1 amide bonds. The Bertz CT molecular complexity index is 576. The number of hydrogen-bond acceptors (Lipinski definition) is 4. The minimum absolute atomic E-state index is 0.0459. The quantitative estimate of drug-likeness (QED) is 0.828. The molecule has 2 fully saturated rings. The van der Waals surface area contributed by atoms with E-state index in [0.717, 1.165) is 25.9 Å². The number of morpholine rings is 1. The Morgan fingerprint density at radius 2 is 1.69 bits per heavy atom. The maximum Gasteiger partial charge on any atom is 0.239 e. The van der Waals surface area contributed by atoms with Crippen LogP contribution in [0.15, 0.2) is 30.3 Å². The van der Waals surface area contributed by atoms with Gasteiger partial charge in [0.2, 0.25) is 5.91 Å². The van der Waals surface area contributed by atoms with Crippen molar-refractivity contribution in [3.63, 3.8) is 0 Å². The summed E-state index contributed by atoms with van der Waals surface area (Å²) in [6, 6.07) is 11.1. The lowest BCUT2D eigenvalue weighted by molar-refractivity contribution is -0.148. The molecule has 26 heavy (non-hydrogen) atoms. The average Bonchev–Trinajstić information content (AvgIpc) is 2.66. The summed E-state index contributed by atoms with van der Waals surface area (Å²) in [6.45, 7) is 9.53. The van der Waals surface area contributed by atoms with Gasteiger partial charge in [0, 0.05) is 45.0 Å². The monoisotopic (exact) mass is 359 g/mol. The maximum atomic E-state index is 12.9. The first-order chi connectivity index (χ1) is 12.5. The predicted octanol–water partition coefficient (Wildman–Crippen LogP) is 2.61. The van der Waals surface area contributed by atoms with Gasteiger partial charge < -0.3 is 14.5 Å². The van der Waals surface area contributed by atoms with Gasteiger partial charge in [0.05, 0.1) is 18.2 Å². The van der Waals surface area contributed by atoms with Crippen LogP contribution in [0, 0.1) is 0 Å². The molecule has 2 heterocycles. The fourth-order valence-corrected chi connectivity index (χ4v) is 4.31. The van der Waals surface area contributed by atoms with Gasteiger partial charge in [0.25, 0.3) is 0 Å². The van der Waals surface area contributed by atoms with E-state index < -0.39 is 0 Å². The highest BCUT2D eigenvalue weighted by Gasteiger charge is 2.33. The van der Waals surface area contributed by atoms with E-state index in [1.54, 1.807) is 0 Å². The molecule has 2 aliphatic heterocycles. The van der Waals surface area contributed by atoms with Gasteiger partial charge in [0.1, 0.15) is 0 Å². The summed E-state index contributed by atoms with van der Waals surface area (Å²) in [5.41, 5.74) is 1.27. The molecule has 144 valence electrons. The fraction of sp³-hybridized carbons (Fsp3) is 0.667. The van der Waals surface area contributed by atoms with Gasteiger partial charge in [-0.15, -0.1) is 0 Å². The Balaban J connectivity index is 1.53. The third kappa shape index (κ3) is 4.38. The predicted molar refractivity (Wildman–Crippen MR) is 105 cm³/mol. The number of rotatable bonds is 4. The van der Waals surface area contributed by atoms with Gasteiger partial charge in [-0.25, -0.2) is 0 Å². The lowest BCUT2D eigenvalue weighted by Gasteiger charge is -2.42. The van der Waals surface area contributed by atoms with Crippen molar-refractivity contribution in [2.45, 2.75) is 57.9 Å². The van der Waals surface area contributed by atoms with Gasteiger partial charge in [-0.3, -0.25) is 9.69 Å². The minimum atomic E-state index is -0.0459. The number of likely N-dealkylation sites (tertiary alicyclic amines) is 1. The second-order valence-electron chi connectivity index (χ2n) is 7.89. The van der Waals surface area contributed by atoms with Crippen molar-refractivity contribution >= 4 is 11.6 Å². The Morgan fingerprint density at radius 1 is 1.12 bits per heavy atom. The highest BCUT2D eigenvalue weighted by Crippen LogP contribution is 2.23. The van der Waals surface area contributed by atoms with Gasteiger partial charge in [0.15, 0.2) is 0 Å². The molecule has 2 saturated heterocycles. The second-order valence-corrected chi connectivity index (χ2v) is 7.89. The molecule has 5 nitrogen and oxygen atoms in total. The molecule has 0 radical (unpaired) electrons. The van der Waals surface area contributed by atoms with Crippen molar-refractivity contribution in [1.29, 1.82) is 0 Å². The van der Waals surface area contributed by atoms with Crippen molar-refractivity contribution in [3.8, 4) is 0 Å². The van der Waals surface area contributed by atoms with Crippen molar-refractivity contribution in [2.24, 2.45) is 0 Å². The van der Waals surface area contributed by atoms with Crippen LogP contribution in [-0.2, 0) is 9.53 Å². The largest absolute Gasteiger partial charge is 0.372 e. The first-order valence-corrected chi connectivity index (χ1v) is 9.92. The number of carbonyl (C=O) groups excluding carboxylic acids is 1. The van der Waals surface area contributed by atoms with Crippen molar-refractivity contribution < 1.29 is 9.53 Å². The van der Waals surface area contributed by atoms with E-state index in [1.807, 2.05) is 18.7 Å². The first kappa shape index (κ1) is 19.2. The second kappa shape index (κ2) is 8.40. The van der Waals surface area contributed by atoms with Crippen LogP contribution >= 0.6 is 0 Å². The molecule has 0 aromatic heterocycles. The first-order valence-electron chi connectivity index (χ1n) is 9.92. The van der Waals surface area contributed by atoms with Gasteiger partial charge in [-0.05, 0) is 45.7 Å². The third-order valence-corrected chi connectivity index (χ3v) is 5.85. The number of amides is 1. The maximum absolute atomic E-state index is 12.9. The number of benzene rings is 1. The Kier molecular flexibility index (Phi) is 6.20. The number of ether oxygens (including phenoxy) is 1. The standard InChI is InChI=1S/C21H33N3O2/c1-16-14-24(15-17(2)26-16)21(25)18(3)23-12-10-20(11-13-23)22(4)19-8-6-5-7-9-19/h5-9,16-18,20H,10-15H2,1-4H3. The molecular formula is C21H33N3O2. The zero-order chi connectivity index (χ0) is 18.7. The van der Waals surface area contributed by atoms with Crippen molar-refractivity contribution in [1.82, 2.24) is 9.80 Å². The molecule has 0 spiro atoms. The van der Waals surface area contributed by atoms with Crippen LogP contribution in [0.1, 0.15) is 33.6 Å². The van der Waals surface area contributed by atoms with Crippen LogP contribution in [0.4, 0.5) is 5.69 Å². The zero-order valence-electron chi connectivity index (χ0n) is 16.6. The summed E-state index contributed by atoms with van der Waals surface area (Å²) in [5, 5.41) is 0. The van der Waals surface area contributed by atoms with Crippen LogP contribution in [0.2, 0.25) is 0 Å². The Morgan fingerprint density at radius 3 is 2.27 bits per heavy atom. The highest BCUT2D eigenvalue weighted by atomic mass is 16.5. The van der Waals surface area contributed by atoms with E-state index in [1.165, 1.54) is 5.69 Å². The minimum Gasteiger partial charge on any atom is -0.372 e. The number of hydrogen-bond donors (Lipinski definition) is 0. The summed E-state index contributed by atoms with van der Waals surface area (Å²) >= 11 is 0. The Hall–Kier alpha value is -1.59. The van der Waals surface area contributed by atoms with Crippen LogP contribution < -0.4 is 4.90 Å². The average molecular weight is 360 g/mol. The van der Waals surface area contributed by atoms with Crippen LogP contribution in [0.3, 0.4) is 0 Å². The van der Waals surface area contributed by atoms with Crippen LogP contribution in [-0.4, -0.2) is 73.2 Å². The molecule has 1 aromatic rings. The fourth-order valence-electron chi connectivity index (χ4n) is 4.31. The van der Waals surface area contributed by atoms with Gasteiger partial charge in [-0.2, -0.15) is 0 Å². The molecule has 0 N–H and O–H groups in total. The normalized spacial score (nSPS) is 26.5. The van der Waals surface area contributed by atoms with Crippen molar-refractivity contribution in [3.05, 3.63) is 30.3 Å². The SMILES string of the molecule is CC1CN(C(=O)C(C)N2CCC(N(C)c3ccccc3)CC2)CC(C)O1. The van der Waals surface area contributed by atoms with Gasteiger partial charge >= 0.3 is 0 Å². The van der Waals surface area contributed by atoms with Crippen LogP contribution in [0.5, 0.6) is 0 Å². The number of nitrogens with zero attached hydrogens (tertiary/aromatic N) is 3. The molecule has 1 aromatic carbocycles. The lowest BCUT2D eigenvalue weighted by atomic mass is 10.0.